The van der Waals surface area contributed by atoms with Crippen LogP contribution < -0.4 is 5.32 Å². The van der Waals surface area contributed by atoms with Crippen molar-refractivity contribution < 1.29 is 14.0 Å². The molecule has 0 unspecified atom stereocenters. The number of hydrogen-bond acceptors (Lipinski definition) is 5. The van der Waals surface area contributed by atoms with E-state index in [1.807, 2.05) is 63.2 Å². The topological polar surface area (TPSA) is 74.1 Å². The molecule has 37 heavy (non-hydrogen) atoms. The minimum atomic E-state index is -0.620. The molecule has 188 valence electrons. The van der Waals surface area contributed by atoms with Crippen LogP contribution in [0.15, 0.2) is 76.8 Å². The third kappa shape index (κ3) is 5.49. The third-order valence-electron chi connectivity index (χ3n) is 6.64. The summed E-state index contributed by atoms with van der Waals surface area (Å²) in [7, 11) is 0. The van der Waals surface area contributed by atoms with E-state index >= 15 is 0 Å². The molecule has 6 nitrogen and oxygen atoms in total. The Morgan fingerprint density at radius 2 is 1.76 bits per heavy atom. The van der Waals surface area contributed by atoms with Gasteiger partial charge in [0, 0.05) is 18.5 Å². The van der Waals surface area contributed by atoms with Crippen LogP contribution in [0, 0.1) is 26.6 Å². The molecule has 2 atom stereocenters. The summed E-state index contributed by atoms with van der Waals surface area (Å²) in [6, 6.07) is 20.0. The van der Waals surface area contributed by atoms with Crippen LogP contribution in [0.1, 0.15) is 46.7 Å². The van der Waals surface area contributed by atoms with Crippen molar-refractivity contribution in [3.63, 3.8) is 0 Å². The predicted molar refractivity (Wildman–Crippen MR) is 146 cm³/mol. The van der Waals surface area contributed by atoms with Gasteiger partial charge in [0.15, 0.2) is 5.17 Å². The molecule has 3 aromatic carbocycles. The molecule has 2 aliphatic rings. The van der Waals surface area contributed by atoms with Crippen molar-refractivity contribution in [2.75, 3.05) is 5.32 Å². The maximum absolute atomic E-state index is 13.5. The fourth-order valence-electron chi connectivity index (χ4n) is 4.36. The molecule has 1 N–H and O–H groups in total. The quantitative estimate of drug-likeness (QED) is 0.458. The van der Waals surface area contributed by atoms with Crippen LogP contribution in [-0.2, 0) is 9.59 Å². The molecule has 2 amide bonds. The largest absolute Gasteiger partial charge is 0.326 e. The van der Waals surface area contributed by atoms with Crippen molar-refractivity contribution in [3.05, 3.63) is 100 Å². The number of nitrogens with one attached hydrogen (secondary N) is 1. The predicted octanol–water partition coefficient (Wildman–Crippen LogP) is 5.93. The Morgan fingerprint density at radius 1 is 1.03 bits per heavy atom. The van der Waals surface area contributed by atoms with Crippen LogP contribution in [0.4, 0.5) is 10.1 Å². The van der Waals surface area contributed by atoms with Crippen LogP contribution in [0.25, 0.3) is 0 Å². The number of aryl methyl sites for hydroxylation is 3. The summed E-state index contributed by atoms with van der Waals surface area (Å²) >= 11 is 1.26. The summed E-state index contributed by atoms with van der Waals surface area (Å²) in [6.07, 6.45) is 0.599. The lowest BCUT2D eigenvalue weighted by atomic mass is 9.98. The van der Waals surface area contributed by atoms with Gasteiger partial charge < -0.3 is 5.32 Å². The normalized spacial score (nSPS) is 19.1. The number of carbonyl (C=O) groups excluding carboxylic acids is 2. The number of halogens is 1. The molecule has 0 aromatic heterocycles. The highest BCUT2D eigenvalue weighted by Gasteiger charge is 2.39. The second kappa shape index (κ2) is 10.3. The minimum Gasteiger partial charge on any atom is -0.326 e. The average Bonchev–Trinajstić information content (AvgIpc) is 3.46. The number of aliphatic imine (C=N–C) groups is 1. The first-order valence-corrected chi connectivity index (χ1v) is 13.0. The molecule has 0 spiro atoms. The maximum atomic E-state index is 13.5. The monoisotopic (exact) mass is 514 g/mol. The van der Waals surface area contributed by atoms with Gasteiger partial charge in [0.05, 0.1) is 11.8 Å². The van der Waals surface area contributed by atoms with Crippen molar-refractivity contribution in [1.29, 1.82) is 0 Å². The Labute approximate surface area is 219 Å². The van der Waals surface area contributed by atoms with Crippen LogP contribution >= 0.6 is 11.8 Å². The number of carbonyl (C=O) groups is 2. The zero-order valence-corrected chi connectivity index (χ0v) is 21.7. The van der Waals surface area contributed by atoms with Gasteiger partial charge in [-0.3, -0.25) is 9.59 Å². The van der Waals surface area contributed by atoms with Crippen molar-refractivity contribution in [2.24, 2.45) is 10.1 Å². The average molecular weight is 515 g/mol. The Bertz CT molecular complexity index is 1420. The number of thioether (sulfide) groups is 1. The summed E-state index contributed by atoms with van der Waals surface area (Å²) < 4.78 is 13.5. The Balaban J connectivity index is 1.34. The van der Waals surface area contributed by atoms with Crippen LogP contribution in [0.2, 0.25) is 0 Å². The molecule has 0 aliphatic carbocycles. The number of hydrazone groups is 1. The number of anilines is 1. The van der Waals surface area contributed by atoms with Gasteiger partial charge in [0.25, 0.3) is 5.91 Å². The molecule has 0 saturated carbocycles. The number of hydrogen-bond donors (Lipinski definition) is 1. The van der Waals surface area contributed by atoms with Gasteiger partial charge in [-0.25, -0.2) is 9.40 Å². The van der Waals surface area contributed by atoms with Gasteiger partial charge in [-0.1, -0.05) is 59.8 Å². The van der Waals surface area contributed by atoms with Gasteiger partial charge in [0.1, 0.15) is 11.1 Å². The summed E-state index contributed by atoms with van der Waals surface area (Å²) in [5, 5.41) is 9.31. The summed E-state index contributed by atoms with van der Waals surface area (Å²) in [5.41, 5.74) is 6.73. The zero-order chi connectivity index (χ0) is 26.1. The van der Waals surface area contributed by atoms with Gasteiger partial charge in [-0.15, -0.1) is 0 Å². The molecular formula is C29H27FN4O2S. The number of nitrogens with zero attached hydrogens (tertiary/aromatic N) is 3. The Morgan fingerprint density at radius 3 is 2.46 bits per heavy atom. The highest BCUT2D eigenvalue weighted by Crippen LogP contribution is 2.38. The number of benzene rings is 3. The second-order valence-electron chi connectivity index (χ2n) is 9.42. The van der Waals surface area contributed by atoms with Crippen LogP contribution in [0.3, 0.4) is 0 Å². The SMILES string of the molecule is Cc1ccc([C@H]2CC(c3ccc(F)cc3)=NN2C2=NC(=O)[C@@H](CC(=O)Nc3ccc(C)c(C)c3)S2)cc1. The van der Waals surface area contributed by atoms with Crippen molar-refractivity contribution in [3.8, 4) is 0 Å². The Hall–Kier alpha value is -3.78. The number of amides is 2. The molecule has 2 aliphatic heterocycles. The van der Waals surface area contributed by atoms with Crippen LogP contribution in [0.5, 0.6) is 0 Å². The Kier molecular flexibility index (Phi) is 6.93. The number of rotatable bonds is 5. The first kappa shape index (κ1) is 24.9. The second-order valence-corrected chi connectivity index (χ2v) is 10.6. The first-order valence-electron chi connectivity index (χ1n) is 12.1. The van der Waals surface area contributed by atoms with E-state index < -0.39 is 5.25 Å². The van der Waals surface area contributed by atoms with Gasteiger partial charge in [-0.2, -0.15) is 10.1 Å². The molecule has 2 heterocycles. The van der Waals surface area contributed by atoms with E-state index in [0.29, 0.717) is 17.3 Å². The molecule has 0 radical (unpaired) electrons. The molecule has 0 fully saturated rings. The van der Waals surface area contributed by atoms with Gasteiger partial charge >= 0.3 is 0 Å². The molecule has 0 saturated heterocycles. The van der Waals surface area contributed by atoms with E-state index in [9.17, 15) is 14.0 Å². The lowest BCUT2D eigenvalue weighted by molar-refractivity contribution is -0.121. The molecular weight excluding hydrogens is 487 g/mol. The van der Waals surface area contributed by atoms with Crippen molar-refractivity contribution in [2.45, 2.75) is 44.9 Å². The fraction of sp³-hybridized carbons (Fsp3) is 0.241. The first-order chi connectivity index (χ1) is 17.8. The fourth-order valence-corrected chi connectivity index (χ4v) is 5.42. The zero-order valence-electron chi connectivity index (χ0n) is 20.9. The van der Waals surface area contributed by atoms with Gasteiger partial charge in [-0.05, 0) is 67.3 Å². The van der Waals surface area contributed by atoms with E-state index in [0.717, 1.165) is 33.5 Å². The molecule has 0 bridgehead atoms. The molecule has 3 aromatic rings. The lowest BCUT2D eigenvalue weighted by Crippen LogP contribution is -2.25. The maximum Gasteiger partial charge on any atom is 0.262 e. The van der Waals surface area contributed by atoms with Crippen molar-refractivity contribution in [1.82, 2.24) is 5.01 Å². The highest BCUT2D eigenvalue weighted by atomic mass is 32.2. The van der Waals surface area contributed by atoms with E-state index in [2.05, 4.69) is 10.3 Å². The smallest absolute Gasteiger partial charge is 0.262 e. The summed E-state index contributed by atoms with van der Waals surface area (Å²) in [6.45, 7) is 6.03. The minimum absolute atomic E-state index is 0.0149. The van der Waals surface area contributed by atoms with Crippen molar-refractivity contribution >= 4 is 40.1 Å². The van der Waals surface area contributed by atoms with E-state index in [4.69, 9.17) is 5.10 Å². The third-order valence-corrected chi connectivity index (χ3v) is 7.78. The summed E-state index contributed by atoms with van der Waals surface area (Å²) in [4.78, 5) is 29.8. The van der Waals surface area contributed by atoms with E-state index in [1.165, 1.54) is 23.9 Å². The lowest BCUT2D eigenvalue weighted by Gasteiger charge is -2.23. The highest BCUT2D eigenvalue weighted by molar-refractivity contribution is 8.15. The van der Waals surface area contributed by atoms with Crippen LogP contribution in [-0.4, -0.2) is 33.0 Å². The summed E-state index contributed by atoms with van der Waals surface area (Å²) in [5.74, 6) is -0.890. The van der Waals surface area contributed by atoms with E-state index in [1.54, 1.807) is 17.1 Å². The van der Waals surface area contributed by atoms with E-state index in [-0.39, 0.29) is 30.1 Å². The van der Waals surface area contributed by atoms with Gasteiger partial charge in [0.2, 0.25) is 5.91 Å². The molecule has 5 rings (SSSR count). The number of amidine groups is 1. The standard InChI is InChI=1S/C29H27FN4O2S/c1-17-4-7-21(8-5-17)25-15-24(20-9-11-22(30)12-10-20)33-34(25)29-32-28(36)26(37-29)16-27(35)31-23-13-6-18(2)19(3)14-23/h4-14,25-26H,15-16H2,1-3H3,(H,31,35)/t25-,26-/m1/s1. The molecule has 8 heteroatoms.